The summed E-state index contributed by atoms with van der Waals surface area (Å²) in [4.78, 5) is 19.8. The van der Waals surface area contributed by atoms with E-state index >= 15 is 0 Å². The van der Waals surface area contributed by atoms with E-state index in [0.717, 1.165) is 16.9 Å². The highest BCUT2D eigenvalue weighted by Gasteiger charge is 2.00. The second-order valence-corrected chi connectivity index (χ2v) is 5.26. The summed E-state index contributed by atoms with van der Waals surface area (Å²) in [6.07, 6.45) is 1.32. The fourth-order valence-corrected chi connectivity index (χ4v) is 1.95. The largest absolute Gasteiger partial charge is 0.497 e. The number of nitrogens with zero attached hydrogens (tertiary/aromatic N) is 2. The molecular formula is C20H20N2O3. The van der Waals surface area contributed by atoms with Crippen molar-refractivity contribution in [2.45, 2.75) is 20.1 Å². The number of methoxy groups -OCH3 is 1. The standard InChI is InChI=1S/C20H20N2O3/c1-16(12-20(23)25-14-18-6-4-3-5-7-18)22-15-21-13-17-8-10-19(24-2)11-9-17/h3-12H,13-14H2,1-2H3/b16-12-. The average molecular weight is 336 g/mol. The Balaban J connectivity index is 1.82. The van der Waals surface area contributed by atoms with Crippen molar-refractivity contribution < 1.29 is 14.3 Å². The lowest BCUT2D eigenvalue weighted by Crippen LogP contribution is -2.01. The lowest BCUT2D eigenvalue weighted by Gasteiger charge is -2.01. The summed E-state index contributed by atoms with van der Waals surface area (Å²) in [7, 11) is 1.62. The van der Waals surface area contributed by atoms with Crippen LogP contribution in [-0.2, 0) is 22.7 Å². The first-order chi connectivity index (χ1) is 12.2. The smallest absolute Gasteiger partial charge is 0.332 e. The number of benzene rings is 2. The number of carbonyl (C=O) groups is 1. The maximum absolute atomic E-state index is 11.7. The van der Waals surface area contributed by atoms with Gasteiger partial charge in [-0.1, -0.05) is 42.5 Å². The van der Waals surface area contributed by atoms with Crippen LogP contribution in [0.25, 0.3) is 0 Å². The molecule has 0 heterocycles. The van der Waals surface area contributed by atoms with E-state index in [2.05, 4.69) is 16.0 Å². The van der Waals surface area contributed by atoms with Crippen LogP contribution in [0.5, 0.6) is 5.75 Å². The van der Waals surface area contributed by atoms with E-state index in [-0.39, 0.29) is 6.61 Å². The van der Waals surface area contributed by atoms with Gasteiger partial charge in [-0.15, -0.1) is 0 Å². The molecule has 0 radical (unpaired) electrons. The van der Waals surface area contributed by atoms with Crippen molar-refractivity contribution in [3.05, 3.63) is 77.5 Å². The first kappa shape index (κ1) is 18.2. The predicted octanol–water partition coefficient (Wildman–Crippen LogP) is 4.02. The van der Waals surface area contributed by atoms with Gasteiger partial charge in [-0.25, -0.2) is 9.79 Å². The first-order valence-corrected chi connectivity index (χ1v) is 7.81. The molecule has 5 heteroatoms. The minimum absolute atomic E-state index is 0.235. The molecule has 0 saturated carbocycles. The summed E-state index contributed by atoms with van der Waals surface area (Å²) in [5.41, 5.74) is 2.44. The Morgan fingerprint density at radius 3 is 2.48 bits per heavy atom. The van der Waals surface area contributed by atoms with E-state index in [9.17, 15) is 4.79 Å². The van der Waals surface area contributed by atoms with Gasteiger partial charge >= 0.3 is 5.97 Å². The van der Waals surface area contributed by atoms with Gasteiger partial charge in [0.15, 0.2) is 0 Å². The summed E-state index contributed by atoms with van der Waals surface area (Å²) in [6.45, 7) is 2.39. The van der Waals surface area contributed by atoms with Gasteiger partial charge in [-0.05, 0) is 30.2 Å². The van der Waals surface area contributed by atoms with E-state index < -0.39 is 5.97 Å². The Hall–Kier alpha value is -3.17. The van der Waals surface area contributed by atoms with Crippen LogP contribution in [0.4, 0.5) is 0 Å². The zero-order valence-corrected chi connectivity index (χ0v) is 14.3. The monoisotopic (exact) mass is 336 g/mol. The molecule has 25 heavy (non-hydrogen) atoms. The molecule has 2 aromatic rings. The van der Waals surface area contributed by atoms with Crippen molar-refractivity contribution in [3.8, 4) is 5.75 Å². The van der Waals surface area contributed by atoms with Crippen molar-refractivity contribution in [1.29, 1.82) is 0 Å². The van der Waals surface area contributed by atoms with Crippen LogP contribution in [0, 0.1) is 0 Å². The molecule has 2 rings (SSSR count). The SMILES string of the molecule is COc1ccc(CN=C=N/C(C)=C\C(=O)OCc2ccccc2)cc1. The summed E-state index contributed by atoms with van der Waals surface area (Å²) >= 11 is 0. The quantitative estimate of drug-likeness (QED) is 0.436. The van der Waals surface area contributed by atoms with Gasteiger partial charge in [0.05, 0.1) is 25.4 Å². The third-order valence-corrected chi connectivity index (χ3v) is 3.27. The Kier molecular flexibility index (Phi) is 7.16. The van der Waals surface area contributed by atoms with Crippen LogP contribution in [0.3, 0.4) is 0 Å². The lowest BCUT2D eigenvalue weighted by atomic mass is 10.2. The van der Waals surface area contributed by atoms with Crippen molar-refractivity contribution in [2.75, 3.05) is 7.11 Å². The van der Waals surface area contributed by atoms with Crippen LogP contribution < -0.4 is 4.74 Å². The van der Waals surface area contributed by atoms with Crippen molar-refractivity contribution in [2.24, 2.45) is 9.98 Å². The van der Waals surface area contributed by atoms with Crippen LogP contribution in [0.1, 0.15) is 18.1 Å². The third kappa shape index (κ3) is 6.85. The number of esters is 1. The van der Waals surface area contributed by atoms with E-state index in [0.29, 0.717) is 12.2 Å². The molecule has 0 aromatic heterocycles. The number of carbonyl (C=O) groups excluding carboxylic acids is 1. The molecule has 0 unspecified atom stereocenters. The molecule has 0 N–H and O–H groups in total. The zero-order valence-electron chi connectivity index (χ0n) is 14.3. The van der Waals surface area contributed by atoms with Gasteiger partial charge < -0.3 is 9.47 Å². The summed E-state index contributed by atoms with van der Waals surface area (Å²) in [5, 5.41) is 0. The van der Waals surface area contributed by atoms with Crippen LogP contribution >= 0.6 is 0 Å². The van der Waals surface area contributed by atoms with Gasteiger partial charge in [0.25, 0.3) is 0 Å². The van der Waals surface area contributed by atoms with Gasteiger partial charge in [0, 0.05) is 6.08 Å². The van der Waals surface area contributed by atoms with Crippen molar-refractivity contribution >= 4 is 12.0 Å². The lowest BCUT2D eigenvalue weighted by molar-refractivity contribution is -0.139. The highest BCUT2D eigenvalue weighted by atomic mass is 16.5. The van der Waals surface area contributed by atoms with E-state index in [1.54, 1.807) is 14.0 Å². The van der Waals surface area contributed by atoms with Gasteiger partial charge in [-0.2, -0.15) is 4.99 Å². The number of aliphatic imine (C=N–C) groups is 2. The predicted molar refractivity (Wildman–Crippen MR) is 96.6 cm³/mol. The molecule has 0 atom stereocenters. The number of hydrogen-bond acceptors (Lipinski definition) is 5. The molecule has 0 spiro atoms. The Bertz CT molecular complexity index is 774. The van der Waals surface area contributed by atoms with E-state index in [1.165, 1.54) is 6.08 Å². The maximum atomic E-state index is 11.7. The van der Waals surface area contributed by atoms with Crippen molar-refractivity contribution in [3.63, 3.8) is 0 Å². The molecule has 0 bridgehead atoms. The second kappa shape index (κ2) is 9.85. The van der Waals surface area contributed by atoms with E-state index in [1.807, 2.05) is 54.6 Å². The highest BCUT2D eigenvalue weighted by molar-refractivity contribution is 5.82. The summed E-state index contributed by atoms with van der Waals surface area (Å²) < 4.78 is 10.2. The van der Waals surface area contributed by atoms with E-state index in [4.69, 9.17) is 9.47 Å². The van der Waals surface area contributed by atoms with Gasteiger partial charge in [0.1, 0.15) is 12.4 Å². The van der Waals surface area contributed by atoms with Crippen LogP contribution in [0.15, 0.2) is 76.4 Å². The maximum Gasteiger partial charge on any atom is 0.332 e. The number of hydrogen-bond donors (Lipinski definition) is 0. The fraction of sp³-hybridized carbons (Fsp3) is 0.200. The molecule has 0 aliphatic heterocycles. The topological polar surface area (TPSA) is 60.2 Å². The minimum atomic E-state index is -0.443. The minimum Gasteiger partial charge on any atom is -0.497 e. The Morgan fingerprint density at radius 1 is 1.08 bits per heavy atom. The second-order valence-electron chi connectivity index (χ2n) is 5.26. The highest BCUT2D eigenvalue weighted by Crippen LogP contribution is 2.11. The molecular weight excluding hydrogens is 316 g/mol. The normalized spacial score (nSPS) is 10.6. The van der Waals surface area contributed by atoms with Crippen molar-refractivity contribution in [1.82, 2.24) is 0 Å². The molecule has 0 fully saturated rings. The van der Waals surface area contributed by atoms with Gasteiger partial charge in [0.2, 0.25) is 0 Å². The Morgan fingerprint density at radius 2 is 1.80 bits per heavy atom. The van der Waals surface area contributed by atoms with Crippen LogP contribution in [-0.4, -0.2) is 19.1 Å². The summed E-state index contributed by atoms with van der Waals surface area (Å²) in [6, 6.07) is 19.7. The molecule has 5 nitrogen and oxygen atoms in total. The number of rotatable bonds is 7. The fourth-order valence-electron chi connectivity index (χ4n) is 1.95. The van der Waals surface area contributed by atoms with Gasteiger partial charge in [-0.3, -0.25) is 0 Å². The Labute approximate surface area is 147 Å². The molecule has 0 aliphatic rings. The first-order valence-electron chi connectivity index (χ1n) is 7.81. The molecule has 128 valence electrons. The third-order valence-electron chi connectivity index (χ3n) is 3.27. The number of allylic oxidation sites excluding steroid dienone is 1. The molecule has 0 saturated heterocycles. The van der Waals surface area contributed by atoms with Crippen LogP contribution in [0.2, 0.25) is 0 Å². The molecule has 0 amide bonds. The summed E-state index contributed by atoms with van der Waals surface area (Å²) in [5.74, 6) is 0.358. The number of ether oxygens (including phenoxy) is 2. The molecule has 0 aliphatic carbocycles. The molecule has 2 aromatic carbocycles. The average Bonchev–Trinajstić information content (AvgIpc) is 2.65. The zero-order chi connectivity index (χ0) is 17.9.